The van der Waals surface area contributed by atoms with Crippen LogP contribution >= 0.6 is 11.3 Å². The molecule has 1 N–H and O–H groups in total. The molecule has 130 valence electrons. The van der Waals surface area contributed by atoms with Gasteiger partial charge in [0.2, 0.25) is 0 Å². The molecule has 2 heterocycles. The Kier molecular flexibility index (Phi) is 6.06. The first-order valence-electron chi connectivity index (χ1n) is 8.90. The van der Waals surface area contributed by atoms with Crippen molar-refractivity contribution in [2.24, 2.45) is 0 Å². The largest absolute Gasteiger partial charge is 0.304 e. The van der Waals surface area contributed by atoms with E-state index in [0.717, 1.165) is 19.6 Å². The quantitative estimate of drug-likeness (QED) is 0.863. The lowest BCUT2D eigenvalue weighted by atomic mass is 10.0. The number of benzene rings is 1. The summed E-state index contributed by atoms with van der Waals surface area (Å²) in [4.78, 5) is 7.82. The van der Waals surface area contributed by atoms with Gasteiger partial charge in [-0.05, 0) is 38.6 Å². The van der Waals surface area contributed by atoms with E-state index in [1.165, 1.54) is 28.4 Å². The van der Waals surface area contributed by atoms with Crippen molar-refractivity contribution in [1.29, 1.82) is 0 Å². The minimum Gasteiger partial charge on any atom is -0.304 e. The lowest BCUT2D eigenvalue weighted by Crippen LogP contribution is -2.47. The standard InChI is InChI=1S/C20H29N3S/c1-16-9-10-20(24-16)17(2)21-19(18-7-5-4-6-8-18)15-23-13-11-22(3)12-14-23/h4-10,17,19,21H,11-15H2,1-3H3. The van der Waals surface area contributed by atoms with E-state index in [9.17, 15) is 0 Å². The highest BCUT2D eigenvalue weighted by Crippen LogP contribution is 2.26. The highest BCUT2D eigenvalue weighted by atomic mass is 32.1. The molecular formula is C20H29N3S. The lowest BCUT2D eigenvalue weighted by Gasteiger charge is -2.35. The van der Waals surface area contributed by atoms with Crippen LogP contribution in [0.25, 0.3) is 0 Å². The van der Waals surface area contributed by atoms with E-state index in [-0.39, 0.29) is 0 Å². The second-order valence-corrected chi connectivity index (χ2v) is 8.22. The molecule has 3 rings (SSSR count). The molecule has 2 atom stereocenters. The van der Waals surface area contributed by atoms with Gasteiger partial charge in [0, 0.05) is 54.6 Å². The van der Waals surface area contributed by atoms with Crippen molar-refractivity contribution in [1.82, 2.24) is 15.1 Å². The summed E-state index contributed by atoms with van der Waals surface area (Å²) in [6.45, 7) is 10.2. The Morgan fingerprint density at radius 1 is 1.04 bits per heavy atom. The molecule has 0 spiro atoms. The van der Waals surface area contributed by atoms with Gasteiger partial charge in [-0.1, -0.05) is 30.3 Å². The van der Waals surface area contributed by atoms with Gasteiger partial charge in [0.15, 0.2) is 0 Å². The van der Waals surface area contributed by atoms with Crippen LogP contribution < -0.4 is 5.32 Å². The topological polar surface area (TPSA) is 18.5 Å². The molecule has 1 aromatic heterocycles. The van der Waals surface area contributed by atoms with Crippen molar-refractivity contribution in [2.75, 3.05) is 39.8 Å². The van der Waals surface area contributed by atoms with Crippen molar-refractivity contribution in [3.05, 3.63) is 57.8 Å². The molecule has 3 nitrogen and oxygen atoms in total. The SMILES string of the molecule is Cc1ccc(C(C)NC(CN2CCN(C)CC2)c2ccccc2)s1. The van der Waals surface area contributed by atoms with Crippen LogP contribution in [-0.2, 0) is 0 Å². The molecule has 0 bridgehead atoms. The van der Waals surface area contributed by atoms with E-state index in [1.54, 1.807) is 0 Å². The first kappa shape index (κ1) is 17.6. The third-order valence-corrected chi connectivity index (χ3v) is 6.06. The molecule has 1 aliphatic rings. The van der Waals surface area contributed by atoms with E-state index in [2.05, 4.69) is 78.5 Å². The van der Waals surface area contributed by atoms with E-state index in [1.807, 2.05) is 11.3 Å². The van der Waals surface area contributed by atoms with Gasteiger partial charge in [0.1, 0.15) is 0 Å². The fourth-order valence-corrected chi connectivity index (χ4v) is 4.19. The van der Waals surface area contributed by atoms with Crippen LogP contribution in [-0.4, -0.2) is 49.6 Å². The Labute approximate surface area is 150 Å². The van der Waals surface area contributed by atoms with Crippen molar-refractivity contribution >= 4 is 11.3 Å². The van der Waals surface area contributed by atoms with Gasteiger partial charge in [0.05, 0.1) is 0 Å². The minimum absolute atomic E-state index is 0.368. The zero-order chi connectivity index (χ0) is 16.9. The Morgan fingerprint density at radius 3 is 2.38 bits per heavy atom. The number of nitrogens with one attached hydrogen (secondary N) is 1. The number of likely N-dealkylation sites (N-methyl/N-ethyl adjacent to an activating group) is 1. The minimum atomic E-state index is 0.368. The fraction of sp³-hybridized carbons (Fsp3) is 0.500. The molecule has 1 aromatic carbocycles. The zero-order valence-corrected chi connectivity index (χ0v) is 15.9. The molecule has 24 heavy (non-hydrogen) atoms. The van der Waals surface area contributed by atoms with E-state index < -0.39 is 0 Å². The number of hydrogen-bond acceptors (Lipinski definition) is 4. The van der Waals surface area contributed by atoms with Crippen LogP contribution in [0.4, 0.5) is 0 Å². The van der Waals surface area contributed by atoms with Crippen molar-refractivity contribution in [3.63, 3.8) is 0 Å². The normalized spacial score (nSPS) is 19.3. The summed E-state index contributed by atoms with van der Waals surface area (Å²) < 4.78 is 0. The maximum absolute atomic E-state index is 3.88. The van der Waals surface area contributed by atoms with Crippen LogP contribution in [0, 0.1) is 6.92 Å². The summed E-state index contributed by atoms with van der Waals surface area (Å²) in [6, 6.07) is 16.1. The van der Waals surface area contributed by atoms with E-state index in [0.29, 0.717) is 12.1 Å². The molecule has 0 saturated carbocycles. The Bertz CT molecular complexity index is 617. The molecule has 1 aliphatic heterocycles. The number of nitrogens with zero attached hydrogens (tertiary/aromatic N) is 2. The first-order chi connectivity index (χ1) is 11.6. The fourth-order valence-electron chi connectivity index (χ4n) is 3.30. The summed E-state index contributed by atoms with van der Waals surface area (Å²) in [5.41, 5.74) is 1.39. The van der Waals surface area contributed by atoms with E-state index in [4.69, 9.17) is 0 Å². The molecular weight excluding hydrogens is 314 g/mol. The maximum Gasteiger partial charge on any atom is 0.0454 e. The van der Waals surface area contributed by atoms with Crippen LogP contribution in [0.15, 0.2) is 42.5 Å². The van der Waals surface area contributed by atoms with Crippen LogP contribution in [0.3, 0.4) is 0 Å². The Morgan fingerprint density at radius 2 is 1.75 bits per heavy atom. The summed E-state index contributed by atoms with van der Waals surface area (Å²) in [6.07, 6.45) is 0. The van der Waals surface area contributed by atoms with Gasteiger partial charge >= 0.3 is 0 Å². The number of thiophene rings is 1. The van der Waals surface area contributed by atoms with Crippen LogP contribution in [0.2, 0.25) is 0 Å². The summed E-state index contributed by atoms with van der Waals surface area (Å²) in [5, 5.41) is 3.88. The van der Waals surface area contributed by atoms with Gasteiger partial charge in [-0.15, -0.1) is 11.3 Å². The molecule has 1 saturated heterocycles. The lowest BCUT2D eigenvalue weighted by molar-refractivity contribution is 0.140. The Hall–Kier alpha value is -1.20. The molecule has 1 fully saturated rings. The smallest absolute Gasteiger partial charge is 0.0454 e. The average molecular weight is 344 g/mol. The van der Waals surface area contributed by atoms with Gasteiger partial charge in [-0.3, -0.25) is 4.90 Å². The van der Waals surface area contributed by atoms with Crippen LogP contribution in [0.1, 0.15) is 34.3 Å². The summed E-state index contributed by atoms with van der Waals surface area (Å²) in [7, 11) is 2.21. The number of hydrogen-bond donors (Lipinski definition) is 1. The van der Waals surface area contributed by atoms with Gasteiger partial charge < -0.3 is 10.2 Å². The van der Waals surface area contributed by atoms with Crippen molar-refractivity contribution in [2.45, 2.75) is 25.9 Å². The van der Waals surface area contributed by atoms with Gasteiger partial charge in [0.25, 0.3) is 0 Å². The number of piperazine rings is 1. The van der Waals surface area contributed by atoms with Gasteiger partial charge in [-0.2, -0.15) is 0 Å². The molecule has 4 heteroatoms. The summed E-state index contributed by atoms with van der Waals surface area (Å²) >= 11 is 1.90. The highest BCUT2D eigenvalue weighted by Gasteiger charge is 2.21. The third kappa shape index (κ3) is 4.67. The zero-order valence-electron chi connectivity index (χ0n) is 15.0. The first-order valence-corrected chi connectivity index (χ1v) is 9.71. The Balaban J connectivity index is 1.70. The van der Waals surface area contributed by atoms with Crippen molar-refractivity contribution < 1.29 is 0 Å². The molecule has 0 radical (unpaired) electrons. The summed E-state index contributed by atoms with van der Waals surface area (Å²) in [5.74, 6) is 0. The molecule has 2 aromatic rings. The molecule has 0 aliphatic carbocycles. The molecule has 2 unspecified atom stereocenters. The monoisotopic (exact) mass is 343 g/mol. The second kappa shape index (κ2) is 8.26. The third-order valence-electron chi connectivity index (χ3n) is 4.88. The van der Waals surface area contributed by atoms with Crippen molar-refractivity contribution in [3.8, 4) is 0 Å². The van der Waals surface area contributed by atoms with E-state index >= 15 is 0 Å². The maximum atomic E-state index is 3.88. The predicted molar refractivity (Wildman–Crippen MR) is 104 cm³/mol. The molecule has 0 amide bonds. The highest BCUT2D eigenvalue weighted by molar-refractivity contribution is 7.12. The average Bonchev–Trinajstić information content (AvgIpc) is 3.03. The predicted octanol–water partition coefficient (Wildman–Crippen LogP) is 3.70. The van der Waals surface area contributed by atoms with Crippen LogP contribution in [0.5, 0.6) is 0 Å². The number of aryl methyl sites for hydroxylation is 1. The van der Waals surface area contributed by atoms with Gasteiger partial charge in [-0.25, -0.2) is 0 Å². The number of rotatable bonds is 6. The second-order valence-electron chi connectivity index (χ2n) is 6.90.